The number of H-pyrrole nitrogens is 1. The average molecular weight is 325 g/mol. The Morgan fingerprint density at radius 1 is 1.61 bits per heavy atom. The number of rotatable bonds is 6. The van der Waals surface area contributed by atoms with E-state index < -0.39 is 35.8 Å². The first kappa shape index (κ1) is 17.2. The van der Waals surface area contributed by atoms with Gasteiger partial charge >= 0.3 is 5.69 Å². The first-order valence-corrected chi connectivity index (χ1v) is 7.18. The van der Waals surface area contributed by atoms with Gasteiger partial charge in [-0.1, -0.05) is 12.0 Å². The van der Waals surface area contributed by atoms with Crippen LogP contribution in [0.1, 0.15) is 19.6 Å². The summed E-state index contributed by atoms with van der Waals surface area (Å²) in [6, 6.07) is 1.22. The highest BCUT2D eigenvalue weighted by atomic mass is 16.6. The van der Waals surface area contributed by atoms with Gasteiger partial charge in [0.05, 0.1) is 12.2 Å². The molecule has 1 aromatic heterocycles. The van der Waals surface area contributed by atoms with Gasteiger partial charge < -0.3 is 14.6 Å². The van der Waals surface area contributed by atoms with Crippen LogP contribution >= 0.6 is 0 Å². The molecule has 126 valence electrons. The van der Waals surface area contributed by atoms with E-state index in [0.29, 0.717) is 0 Å². The summed E-state index contributed by atoms with van der Waals surface area (Å²) in [6.07, 6.45) is -1.12. The third-order valence-electron chi connectivity index (χ3n) is 3.98. The zero-order valence-electron chi connectivity index (χ0n) is 12.8. The third-order valence-corrected chi connectivity index (χ3v) is 3.98. The number of aromatic amines is 1. The van der Waals surface area contributed by atoms with E-state index in [4.69, 9.17) is 15.0 Å². The van der Waals surface area contributed by atoms with Crippen molar-refractivity contribution in [3.63, 3.8) is 0 Å². The minimum atomic E-state index is -0.864. The van der Waals surface area contributed by atoms with Crippen LogP contribution in [0, 0.1) is 5.92 Å². The second kappa shape index (κ2) is 7.42. The van der Waals surface area contributed by atoms with Gasteiger partial charge in [-0.15, -0.1) is 0 Å². The van der Waals surface area contributed by atoms with Crippen LogP contribution in [0.3, 0.4) is 0 Å². The maximum Gasteiger partial charge on any atom is 0.330 e. The predicted octanol–water partition coefficient (Wildman–Crippen LogP) is 0.146. The van der Waals surface area contributed by atoms with E-state index >= 15 is 0 Å². The van der Waals surface area contributed by atoms with Crippen molar-refractivity contribution in [1.82, 2.24) is 9.55 Å². The van der Waals surface area contributed by atoms with Gasteiger partial charge in [-0.05, 0) is 12.0 Å². The molecule has 0 aromatic carbocycles. The number of nitrogens with zero attached hydrogens (tertiary/aromatic N) is 4. The number of aliphatic hydroxyl groups is 1. The number of methoxy groups -OCH3 is 1. The monoisotopic (exact) mass is 325 g/mol. The predicted molar refractivity (Wildman–Crippen MR) is 79.8 cm³/mol. The maximum absolute atomic E-state index is 11.9. The Bertz CT molecular complexity index is 694. The minimum absolute atomic E-state index is 0.144. The largest absolute Gasteiger partial charge is 0.390 e. The van der Waals surface area contributed by atoms with E-state index in [1.165, 1.54) is 23.9 Å². The molecule has 2 N–H and O–H groups in total. The van der Waals surface area contributed by atoms with Crippen molar-refractivity contribution < 1.29 is 14.6 Å². The Hall–Kier alpha value is -2.13. The van der Waals surface area contributed by atoms with E-state index in [0.717, 1.165) is 0 Å². The lowest BCUT2D eigenvalue weighted by atomic mass is 9.95. The summed E-state index contributed by atoms with van der Waals surface area (Å²) in [4.78, 5) is 27.9. The molecular formula is C13H19N5O5. The molecule has 10 heteroatoms. The van der Waals surface area contributed by atoms with E-state index in [-0.39, 0.29) is 18.9 Å². The molecule has 1 aromatic rings. The first-order valence-electron chi connectivity index (χ1n) is 7.18. The van der Waals surface area contributed by atoms with Crippen molar-refractivity contribution in [1.29, 1.82) is 0 Å². The molecule has 1 saturated heterocycles. The van der Waals surface area contributed by atoms with E-state index in [1.54, 1.807) is 0 Å². The number of hydrogen-bond acceptors (Lipinski definition) is 6. The molecule has 2 rings (SSSR count). The average Bonchev–Trinajstić information content (AvgIpc) is 2.84. The second-order valence-corrected chi connectivity index (χ2v) is 5.38. The van der Waals surface area contributed by atoms with Crippen LogP contribution in [-0.4, -0.2) is 46.6 Å². The van der Waals surface area contributed by atoms with Crippen LogP contribution in [0.5, 0.6) is 0 Å². The van der Waals surface area contributed by atoms with Crippen LogP contribution in [0.15, 0.2) is 27.0 Å². The molecule has 1 aliphatic heterocycles. The molecule has 1 fully saturated rings. The summed E-state index contributed by atoms with van der Waals surface area (Å²) in [5.41, 5.74) is 7.17. The van der Waals surface area contributed by atoms with Crippen molar-refractivity contribution in [2.75, 3.05) is 13.7 Å². The number of azide groups is 1. The van der Waals surface area contributed by atoms with E-state index in [2.05, 4.69) is 15.0 Å². The van der Waals surface area contributed by atoms with Gasteiger partial charge in [0, 0.05) is 36.7 Å². The van der Waals surface area contributed by atoms with Gasteiger partial charge in [-0.3, -0.25) is 14.3 Å². The zero-order valence-corrected chi connectivity index (χ0v) is 12.8. The Labute approximate surface area is 131 Å². The SMILES string of the molecule is COC1[C@@H](C)[C@@H]([C@@H](O)CCN=[N+]=[N-])O[C@H]1n1ccc(=O)[nH]c1=O. The minimum Gasteiger partial charge on any atom is -0.390 e. The lowest BCUT2D eigenvalue weighted by Gasteiger charge is -2.21. The summed E-state index contributed by atoms with van der Waals surface area (Å²) in [6.45, 7) is 1.98. The first-order chi connectivity index (χ1) is 11.0. The fraction of sp³-hybridized carbons (Fsp3) is 0.692. The summed E-state index contributed by atoms with van der Waals surface area (Å²) in [7, 11) is 1.49. The second-order valence-electron chi connectivity index (χ2n) is 5.38. The Morgan fingerprint density at radius 3 is 2.96 bits per heavy atom. The van der Waals surface area contributed by atoms with E-state index in [9.17, 15) is 14.7 Å². The molecular weight excluding hydrogens is 306 g/mol. The number of ether oxygens (including phenoxy) is 2. The standard InChI is InChI=1S/C13H19N5O5/c1-7-10(8(19)3-5-15-17-14)23-12(11(7)22-2)18-6-4-9(20)16-13(18)21/h4,6-8,10-12,19H,3,5H2,1-2H3,(H,16,20,21)/t7-,8-,10-,11?,12+/m0/s1. The summed E-state index contributed by atoms with van der Waals surface area (Å²) < 4.78 is 12.4. The molecule has 0 bridgehead atoms. The number of aromatic nitrogens is 2. The molecule has 23 heavy (non-hydrogen) atoms. The molecule has 10 nitrogen and oxygen atoms in total. The third kappa shape index (κ3) is 3.62. The van der Waals surface area contributed by atoms with Gasteiger partial charge in [0.25, 0.3) is 5.56 Å². The van der Waals surface area contributed by atoms with E-state index in [1.807, 2.05) is 6.92 Å². The number of aliphatic hydroxyl groups excluding tert-OH is 1. The van der Waals surface area contributed by atoms with Crippen LogP contribution < -0.4 is 11.2 Å². The molecule has 0 saturated carbocycles. The number of hydrogen-bond donors (Lipinski definition) is 2. The highest BCUT2D eigenvalue weighted by Crippen LogP contribution is 2.36. The molecule has 5 atom stereocenters. The van der Waals surface area contributed by atoms with Gasteiger partial charge in [0.1, 0.15) is 6.10 Å². The van der Waals surface area contributed by atoms with Crippen molar-refractivity contribution in [2.24, 2.45) is 11.0 Å². The molecule has 0 spiro atoms. The quantitative estimate of drug-likeness (QED) is 0.435. The highest BCUT2D eigenvalue weighted by molar-refractivity contribution is 4.94. The number of nitrogens with one attached hydrogen (secondary N) is 1. The molecule has 1 unspecified atom stereocenters. The Kier molecular flexibility index (Phi) is 5.56. The van der Waals surface area contributed by atoms with Crippen molar-refractivity contribution in [3.8, 4) is 0 Å². The fourth-order valence-corrected chi connectivity index (χ4v) is 2.83. The van der Waals surface area contributed by atoms with Crippen molar-refractivity contribution in [3.05, 3.63) is 43.5 Å². The normalized spacial score (nSPS) is 28.3. The molecule has 0 aliphatic carbocycles. The van der Waals surface area contributed by atoms with Crippen molar-refractivity contribution in [2.45, 2.75) is 37.9 Å². The molecule has 1 aliphatic rings. The maximum atomic E-state index is 11.9. The van der Waals surface area contributed by atoms with Crippen LogP contribution in [-0.2, 0) is 9.47 Å². The molecule has 2 heterocycles. The lowest BCUT2D eigenvalue weighted by molar-refractivity contribution is -0.0849. The fourth-order valence-electron chi connectivity index (χ4n) is 2.83. The zero-order chi connectivity index (χ0) is 17.0. The summed E-state index contributed by atoms with van der Waals surface area (Å²) >= 11 is 0. The lowest BCUT2D eigenvalue weighted by Crippen LogP contribution is -2.36. The van der Waals surface area contributed by atoms with Crippen LogP contribution in [0.25, 0.3) is 10.4 Å². The Balaban J connectivity index is 2.23. The summed E-state index contributed by atoms with van der Waals surface area (Å²) in [5, 5.41) is 13.6. The molecule has 0 radical (unpaired) electrons. The van der Waals surface area contributed by atoms with Gasteiger partial charge in [-0.25, -0.2) is 4.79 Å². The smallest absolute Gasteiger partial charge is 0.330 e. The molecule has 0 amide bonds. The van der Waals surface area contributed by atoms with Gasteiger partial charge in [-0.2, -0.15) is 0 Å². The van der Waals surface area contributed by atoms with Crippen molar-refractivity contribution >= 4 is 0 Å². The Morgan fingerprint density at radius 2 is 2.35 bits per heavy atom. The highest BCUT2D eigenvalue weighted by Gasteiger charge is 2.46. The van der Waals surface area contributed by atoms with Crippen LogP contribution in [0.2, 0.25) is 0 Å². The van der Waals surface area contributed by atoms with Crippen LogP contribution in [0.4, 0.5) is 0 Å². The van der Waals surface area contributed by atoms with Gasteiger partial charge in [0.2, 0.25) is 0 Å². The topological polar surface area (TPSA) is 142 Å². The summed E-state index contributed by atoms with van der Waals surface area (Å²) in [5.74, 6) is -0.204. The van der Waals surface area contributed by atoms with Gasteiger partial charge in [0.15, 0.2) is 6.23 Å².